The molecular formula is C17H32N2O5S. The summed E-state index contributed by atoms with van der Waals surface area (Å²) in [4.78, 5) is 23.5. The number of amides is 1. The Morgan fingerprint density at radius 2 is 1.72 bits per heavy atom. The van der Waals surface area contributed by atoms with E-state index in [1.807, 2.05) is 13.8 Å². The quantitative estimate of drug-likeness (QED) is 0.614. The molecule has 7 nitrogen and oxygen atoms in total. The second-order valence-electron chi connectivity index (χ2n) is 8.51. The maximum Gasteiger partial charge on any atom is 0.306 e. The zero-order valence-electron chi connectivity index (χ0n) is 16.0. The lowest BCUT2D eigenvalue weighted by Gasteiger charge is -2.27. The van der Waals surface area contributed by atoms with Crippen LogP contribution in [0.1, 0.15) is 53.9 Å². The van der Waals surface area contributed by atoms with Crippen LogP contribution in [-0.4, -0.2) is 56.5 Å². The molecule has 0 aromatic rings. The monoisotopic (exact) mass is 376 g/mol. The minimum Gasteiger partial charge on any atom is -0.460 e. The lowest BCUT2D eigenvalue weighted by Crippen LogP contribution is -2.43. The highest BCUT2D eigenvalue weighted by Gasteiger charge is 2.29. The molecule has 1 heterocycles. The average molecular weight is 377 g/mol. The third-order valence-electron chi connectivity index (χ3n) is 3.84. The van der Waals surface area contributed by atoms with Gasteiger partial charge in [0.15, 0.2) is 9.84 Å². The van der Waals surface area contributed by atoms with Crippen LogP contribution in [0.3, 0.4) is 0 Å². The smallest absolute Gasteiger partial charge is 0.306 e. The third kappa shape index (κ3) is 9.79. The number of sulfone groups is 1. The molecule has 1 fully saturated rings. The summed E-state index contributed by atoms with van der Waals surface area (Å²) in [7, 11) is -2.89. The fraction of sp³-hybridized carbons (Fsp3) is 0.882. The topological polar surface area (TPSA) is 102 Å². The van der Waals surface area contributed by atoms with Gasteiger partial charge in [-0.1, -0.05) is 13.8 Å². The van der Waals surface area contributed by atoms with Gasteiger partial charge in [-0.25, -0.2) is 8.42 Å². The van der Waals surface area contributed by atoms with Crippen LogP contribution in [0, 0.1) is 5.41 Å². The standard InChI is InChI=1S/C17H32N2O5S/c1-16(2,3)24-15(21)7-6-14(20)19-12-17(4,5)11-18-13-8-9-25(22,23)10-13/h13,18H,6-12H2,1-5H3,(H,19,20). The van der Waals surface area contributed by atoms with E-state index in [-0.39, 0.29) is 47.7 Å². The molecule has 0 bridgehead atoms. The van der Waals surface area contributed by atoms with Crippen LogP contribution in [-0.2, 0) is 24.2 Å². The summed E-state index contributed by atoms with van der Waals surface area (Å²) in [5.41, 5.74) is -0.761. The van der Waals surface area contributed by atoms with Crippen molar-refractivity contribution in [3.05, 3.63) is 0 Å². The van der Waals surface area contributed by atoms with Crippen molar-refractivity contribution in [3.8, 4) is 0 Å². The number of carbonyl (C=O) groups is 2. The van der Waals surface area contributed by atoms with Crippen molar-refractivity contribution in [1.82, 2.24) is 10.6 Å². The zero-order valence-corrected chi connectivity index (χ0v) is 16.8. The normalized spacial score (nSPS) is 20.3. The average Bonchev–Trinajstić information content (AvgIpc) is 2.79. The highest BCUT2D eigenvalue weighted by Crippen LogP contribution is 2.16. The van der Waals surface area contributed by atoms with Crippen molar-refractivity contribution in [2.45, 2.75) is 65.5 Å². The predicted octanol–water partition coefficient (Wildman–Crippen LogP) is 1.03. The van der Waals surface area contributed by atoms with Crippen LogP contribution in [0.15, 0.2) is 0 Å². The van der Waals surface area contributed by atoms with Gasteiger partial charge in [0.25, 0.3) is 0 Å². The van der Waals surface area contributed by atoms with E-state index >= 15 is 0 Å². The number of esters is 1. The Kier molecular flexibility index (Phi) is 7.43. The Morgan fingerprint density at radius 1 is 1.08 bits per heavy atom. The Morgan fingerprint density at radius 3 is 2.24 bits per heavy atom. The van der Waals surface area contributed by atoms with Crippen LogP contribution < -0.4 is 10.6 Å². The molecule has 0 aliphatic carbocycles. The van der Waals surface area contributed by atoms with E-state index in [0.717, 1.165) is 0 Å². The molecule has 1 amide bonds. The van der Waals surface area contributed by atoms with Gasteiger partial charge in [-0.3, -0.25) is 9.59 Å². The lowest BCUT2D eigenvalue weighted by molar-refractivity contribution is -0.155. The maximum absolute atomic E-state index is 11.9. The van der Waals surface area contributed by atoms with Gasteiger partial charge in [0.2, 0.25) is 5.91 Å². The molecule has 1 unspecified atom stereocenters. The van der Waals surface area contributed by atoms with Gasteiger partial charge in [0.05, 0.1) is 17.9 Å². The summed E-state index contributed by atoms with van der Waals surface area (Å²) in [6.07, 6.45) is 0.793. The lowest BCUT2D eigenvalue weighted by atomic mass is 9.93. The second kappa shape index (κ2) is 8.49. The number of carbonyl (C=O) groups excluding carboxylic acids is 2. The summed E-state index contributed by atoms with van der Waals surface area (Å²) in [5.74, 6) is -0.147. The Balaban J connectivity index is 2.26. The molecule has 25 heavy (non-hydrogen) atoms. The second-order valence-corrected chi connectivity index (χ2v) is 10.7. The predicted molar refractivity (Wildman–Crippen MR) is 96.9 cm³/mol. The molecule has 0 aromatic heterocycles. The molecular weight excluding hydrogens is 344 g/mol. The zero-order chi connectivity index (χ0) is 19.3. The minimum absolute atomic E-state index is 0.00727. The van der Waals surface area contributed by atoms with Gasteiger partial charge in [-0.05, 0) is 32.6 Å². The van der Waals surface area contributed by atoms with E-state index in [9.17, 15) is 18.0 Å². The molecule has 1 atom stereocenters. The summed E-state index contributed by atoms with van der Waals surface area (Å²) >= 11 is 0. The number of rotatable bonds is 8. The molecule has 2 N–H and O–H groups in total. The van der Waals surface area contributed by atoms with Crippen molar-refractivity contribution in [2.75, 3.05) is 24.6 Å². The minimum atomic E-state index is -2.89. The van der Waals surface area contributed by atoms with Crippen molar-refractivity contribution < 1.29 is 22.7 Å². The Bertz CT molecular complexity index is 578. The molecule has 1 aliphatic rings. The van der Waals surface area contributed by atoms with Gasteiger partial charge >= 0.3 is 5.97 Å². The highest BCUT2D eigenvalue weighted by molar-refractivity contribution is 7.91. The first-order chi connectivity index (χ1) is 11.3. The van der Waals surface area contributed by atoms with E-state index in [0.29, 0.717) is 19.5 Å². The molecule has 1 rings (SSSR count). The van der Waals surface area contributed by atoms with Crippen LogP contribution in [0.4, 0.5) is 0 Å². The van der Waals surface area contributed by atoms with Gasteiger partial charge in [0.1, 0.15) is 5.60 Å². The maximum atomic E-state index is 11.9. The van der Waals surface area contributed by atoms with Crippen molar-refractivity contribution in [1.29, 1.82) is 0 Å². The Hall–Kier alpha value is -1.15. The molecule has 0 saturated carbocycles. The van der Waals surface area contributed by atoms with E-state index < -0.39 is 15.4 Å². The molecule has 1 aliphatic heterocycles. The van der Waals surface area contributed by atoms with Crippen molar-refractivity contribution >= 4 is 21.7 Å². The number of ether oxygens (including phenoxy) is 1. The number of nitrogens with one attached hydrogen (secondary N) is 2. The summed E-state index contributed by atoms with van der Waals surface area (Å²) < 4.78 is 28.1. The van der Waals surface area contributed by atoms with E-state index in [4.69, 9.17) is 4.74 Å². The van der Waals surface area contributed by atoms with Crippen molar-refractivity contribution in [3.63, 3.8) is 0 Å². The number of hydrogen-bond acceptors (Lipinski definition) is 6. The fourth-order valence-electron chi connectivity index (χ4n) is 2.47. The Labute approximate surface area is 151 Å². The first kappa shape index (κ1) is 21.9. The van der Waals surface area contributed by atoms with Crippen LogP contribution in [0.25, 0.3) is 0 Å². The summed E-state index contributed by atoms with van der Waals surface area (Å²) in [5, 5.41) is 6.10. The highest BCUT2D eigenvalue weighted by atomic mass is 32.2. The van der Waals surface area contributed by atoms with Gasteiger partial charge in [0, 0.05) is 25.6 Å². The van der Waals surface area contributed by atoms with Gasteiger partial charge < -0.3 is 15.4 Å². The SMILES string of the molecule is CC(C)(CNC(=O)CCC(=O)OC(C)(C)C)CNC1CCS(=O)(=O)C1. The molecule has 8 heteroatoms. The molecule has 0 aromatic carbocycles. The van der Waals surface area contributed by atoms with Crippen molar-refractivity contribution in [2.24, 2.45) is 5.41 Å². The molecule has 1 saturated heterocycles. The largest absolute Gasteiger partial charge is 0.460 e. The van der Waals surface area contributed by atoms with E-state index in [2.05, 4.69) is 10.6 Å². The summed E-state index contributed by atoms with van der Waals surface area (Å²) in [6, 6.07) is -0.00727. The molecule has 0 radical (unpaired) electrons. The van der Waals surface area contributed by atoms with Crippen LogP contribution in [0.2, 0.25) is 0 Å². The van der Waals surface area contributed by atoms with Gasteiger partial charge in [-0.15, -0.1) is 0 Å². The molecule has 0 spiro atoms. The fourth-order valence-corrected chi connectivity index (χ4v) is 4.18. The third-order valence-corrected chi connectivity index (χ3v) is 5.61. The van der Waals surface area contributed by atoms with Crippen LogP contribution in [0.5, 0.6) is 0 Å². The first-order valence-electron chi connectivity index (χ1n) is 8.70. The van der Waals surface area contributed by atoms with E-state index in [1.54, 1.807) is 20.8 Å². The first-order valence-corrected chi connectivity index (χ1v) is 10.5. The van der Waals surface area contributed by atoms with Crippen LogP contribution >= 0.6 is 0 Å². The number of hydrogen-bond donors (Lipinski definition) is 2. The van der Waals surface area contributed by atoms with E-state index in [1.165, 1.54) is 0 Å². The van der Waals surface area contributed by atoms with Gasteiger partial charge in [-0.2, -0.15) is 0 Å². The molecule has 146 valence electrons. The summed E-state index contributed by atoms with van der Waals surface area (Å²) in [6.45, 7) is 10.4.